The van der Waals surface area contributed by atoms with Crippen molar-refractivity contribution in [3.8, 4) is 0 Å². The Balaban J connectivity index is 1.13. The zero-order valence-corrected chi connectivity index (χ0v) is 18.1. The van der Waals surface area contributed by atoms with Crippen molar-refractivity contribution in [2.24, 2.45) is 17.8 Å². The second kappa shape index (κ2) is 7.55. The van der Waals surface area contributed by atoms with Gasteiger partial charge >= 0.3 is 0 Å². The van der Waals surface area contributed by atoms with E-state index in [1.807, 2.05) is 0 Å². The summed E-state index contributed by atoms with van der Waals surface area (Å²) >= 11 is 0. The van der Waals surface area contributed by atoms with Gasteiger partial charge < -0.3 is 9.47 Å². The first-order valence-corrected chi connectivity index (χ1v) is 11.9. The molecule has 1 aliphatic heterocycles. The molecule has 2 fully saturated rings. The van der Waals surface area contributed by atoms with Crippen LogP contribution in [0.5, 0.6) is 0 Å². The van der Waals surface area contributed by atoms with Crippen LogP contribution in [-0.4, -0.2) is 47.1 Å². The van der Waals surface area contributed by atoms with Gasteiger partial charge in [0, 0.05) is 67.6 Å². The molecular weight excluding hydrogens is 366 g/mol. The first-order valence-electron chi connectivity index (χ1n) is 11.9. The molecule has 0 spiro atoms. The second-order valence-electron chi connectivity index (χ2n) is 9.73. The maximum absolute atomic E-state index is 2.73. The van der Waals surface area contributed by atoms with Gasteiger partial charge in [0.1, 0.15) is 0 Å². The topological polar surface area (TPSA) is 11.4 Å². The van der Waals surface area contributed by atoms with E-state index < -0.39 is 0 Å². The molecule has 1 aromatic heterocycles. The minimum absolute atomic E-state index is 0.880. The molecule has 3 aromatic rings. The molecule has 0 N–H and O–H groups in total. The lowest BCUT2D eigenvalue weighted by Gasteiger charge is -2.37. The zero-order valence-electron chi connectivity index (χ0n) is 18.1. The molecule has 2 aromatic carbocycles. The highest BCUT2D eigenvalue weighted by Gasteiger charge is 2.36. The third kappa shape index (κ3) is 3.19. The van der Waals surface area contributed by atoms with E-state index in [1.165, 1.54) is 72.9 Å². The number of hydrogen-bond donors (Lipinski definition) is 0. The second-order valence-corrected chi connectivity index (χ2v) is 9.73. The van der Waals surface area contributed by atoms with E-state index in [-0.39, 0.29) is 0 Å². The number of benzene rings is 2. The van der Waals surface area contributed by atoms with Gasteiger partial charge in [-0.3, -0.25) is 4.90 Å². The highest BCUT2D eigenvalue weighted by atomic mass is 15.3. The van der Waals surface area contributed by atoms with Gasteiger partial charge in [0.05, 0.1) is 0 Å². The van der Waals surface area contributed by atoms with E-state index in [9.17, 15) is 0 Å². The van der Waals surface area contributed by atoms with Crippen molar-refractivity contribution in [1.29, 1.82) is 0 Å². The van der Waals surface area contributed by atoms with Gasteiger partial charge in [-0.25, -0.2) is 0 Å². The fourth-order valence-electron chi connectivity index (χ4n) is 6.36. The lowest BCUT2D eigenvalue weighted by Crippen LogP contribution is -2.47. The minimum atomic E-state index is 0.880. The van der Waals surface area contributed by atoms with Crippen molar-refractivity contribution < 1.29 is 0 Å². The lowest BCUT2D eigenvalue weighted by atomic mass is 9.93. The van der Waals surface area contributed by atoms with E-state index in [2.05, 4.69) is 75.9 Å². The van der Waals surface area contributed by atoms with Crippen LogP contribution in [0.1, 0.15) is 25.3 Å². The van der Waals surface area contributed by atoms with Gasteiger partial charge in [0.2, 0.25) is 0 Å². The number of rotatable bonds is 5. The van der Waals surface area contributed by atoms with Gasteiger partial charge in [-0.2, -0.15) is 0 Å². The number of para-hydroxylation sites is 1. The smallest absolute Gasteiger partial charge is 0.0491 e. The van der Waals surface area contributed by atoms with E-state index in [4.69, 9.17) is 0 Å². The largest absolute Gasteiger partial charge is 0.341 e. The van der Waals surface area contributed by atoms with E-state index in [0.717, 1.165) is 30.8 Å². The summed E-state index contributed by atoms with van der Waals surface area (Å²) in [7, 11) is 0. The number of hydrogen-bond acceptors (Lipinski definition) is 2. The van der Waals surface area contributed by atoms with Crippen LogP contribution < -0.4 is 0 Å². The standard InChI is InChI=1S/C27H33N3/c1-2-30-26-6-4-3-5-24(26)25-17-21(8-10-27(25)30)18-28-11-13-29(14-12-28)19-23-16-20-7-9-22(23)15-20/h3-10,17,20,22-23H,2,11-16,18-19H2,1H3. The van der Waals surface area contributed by atoms with Crippen LogP contribution in [-0.2, 0) is 13.1 Å². The van der Waals surface area contributed by atoms with Gasteiger partial charge in [0.15, 0.2) is 0 Å². The van der Waals surface area contributed by atoms with Gasteiger partial charge in [0.25, 0.3) is 0 Å². The van der Waals surface area contributed by atoms with Crippen molar-refractivity contribution in [1.82, 2.24) is 14.4 Å². The number of fused-ring (bicyclic) bond motifs is 5. The van der Waals surface area contributed by atoms with Crippen LogP contribution in [0, 0.1) is 17.8 Å². The van der Waals surface area contributed by atoms with Crippen LogP contribution in [0.3, 0.4) is 0 Å². The fourth-order valence-corrected chi connectivity index (χ4v) is 6.36. The molecule has 0 amide bonds. The Morgan fingerprint density at radius 3 is 2.40 bits per heavy atom. The summed E-state index contributed by atoms with van der Waals surface area (Å²) in [4.78, 5) is 5.38. The predicted molar refractivity (Wildman–Crippen MR) is 126 cm³/mol. The van der Waals surface area contributed by atoms with Crippen molar-refractivity contribution in [2.45, 2.75) is 32.9 Å². The Morgan fingerprint density at radius 1 is 0.833 bits per heavy atom. The Hall–Kier alpha value is -2.10. The molecule has 3 atom stereocenters. The fraction of sp³-hybridized carbons (Fsp3) is 0.481. The Labute approximate surface area is 180 Å². The zero-order chi connectivity index (χ0) is 20.1. The highest BCUT2D eigenvalue weighted by molar-refractivity contribution is 6.08. The van der Waals surface area contributed by atoms with E-state index in [1.54, 1.807) is 0 Å². The van der Waals surface area contributed by atoms with Gasteiger partial charge in [-0.1, -0.05) is 36.4 Å². The Kier molecular flexibility index (Phi) is 4.69. The van der Waals surface area contributed by atoms with Gasteiger partial charge in [-0.15, -0.1) is 0 Å². The predicted octanol–water partition coefficient (Wildman–Crippen LogP) is 5.14. The first-order chi connectivity index (χ1) is 14.8. The van der Waals surface area contributed by atoms with Crippen LogP contribution >= 0.6 is 0 Å². The Morgan fingerprint density at radius 2 is 1.63 bits per heavy atom. The molecular formula is C27H33N3. The van der Waals surface area contributed by atoms with Crippen molar-refractivity contribution >= 4 is 21.8 Å². The van der Waals surface area contributed by atoms with E-state index in [0.29, 0.717) is 0 Å². The van der Waals surface area contributed by atoms with Crippen LogP contribution in [0.25, 0.3) is 21.8 Å². The summed E-state index contributed by atoms with van der Waals surface area (Å²) in [6.45, 7) is 10.5. The van der Waals surface area contributed by atoms with Crippen molar-refractivity contribution in [3.05, 3.63) is 60.2 Å². The average Bonchev–Trinajstić information content (AvgIpc) is 3.48. The number of nitrogens with zero attached hydrogens (tertiary/aromatic N) is 3. The molecule has 156 valence electrons. The molecule has 6 rings (SSSR count). The molecule has 3 heteroatoms. The van der Waals surface area contributed by atoms with Crippen LogP contribution in [0.2, 0.25) is 0 Å². The Bertz CT molecular complexity index is 1090. The molecule has 2 aliphatic carbocycles. The lowest BCUT2D eigenvalue weighted by molar-refractivity contribution is 0.108. The summed E-state index contributed by atoms with van der Waals surface area (Å²) in [6, 6.07) is 16.0. The molecule has 1 saturated heterocycles. The number of piperazine rings is 1. The molecule has 3 aliphatic rings. The number of aromatic nitrogens is 1. The molecule has 3 unspecified atom stereocenters. The maximum Gasteiger partial charge on any atom is 0.0491 e. The first kappa shape index (κ1) is 18.7. The molecule has 0 radical (unpaired) electrons. The normalized spacial score (nSPS) is 27.0. The summed E-state index contributed by atoms with van der Waals surface area (Å²) in [5.74, 6) is 2.70. The third-order valence-corrected chi connectivity index (χ3v) is 7.93. The molecule has 1 saturated carbocycles. The van der Waals surface area contributed by atoms with E-state index >= 15 is 0 Å². The third-order valence-electron chi connectivity index (χ3n) is 7.93. The van der Waals surface area contributed by atoms with Gasteiger partial charge in [-0.05, 0) is 61.3 Å². The molecule has 3 nitrogen and oxygen atoms in total. The summed E-state index contributed by atoms with van der Waals surface area (Å²) in [6.07, 6.45) is 7.84. The minimum Gasteiger partial charge on any atom is -0.341 e. The molecule has 30 heavy (non-hydrogen) atoms. The average molecular weight is 400 g/mol. The summed E-state index contributed by atoms with van der Waals surface area (Å²) < 4.78 is 2.44. The summed E-state index contributed by atoms with van der Waals surface area (Å²) in [5.41, 5.74) is 4.18. The monoisotopic (exact) mass is 399 g/mol. The van der Waals surface area contributed by atoms with Crippen LogP contribution in [0.15, 0.2) is 54.6 Å². The number of aryl methyl sites for hydroxylation is 1. The number of allylic oxidation sites excluding steroid dienone is 2. The van der Waals surface area contributed by atoms with Crippen LogP contribution in [0.4, 0.5) is 0 Å². The molecule has 2 heterocycles. The van der Waals surface area contributed by atoms with Crippen molar-refractivity contribution in [3.63, 3.8) is 0 Å². The quantitative estimate of drug-likeness (QED) is 0.550. The SMILES string of the molecule is CCn1c2ccccc2c2cc(CN3CCN(CC4CC5C=CC4C5)CC3)ccc21. The highest BCUT2D eigenvalue weighted by Crippen LogP contribution is 2.43. The maximum atomic E-state index is 2.73. The molecule has 2 bridgehead atoms. The van der Waals surface area contributed by atoms with Crippen molar-refractivity contribution in [2.75, 3.05) is 32.7 Å². The summed E-state index contributed by atoms with van der Waals surface area (Å²) in [5, 5.41) is 2.80.